The van der Waals surface area contributed by atoms with Crippen molar-refractivity contribution in [3.63, 3.8) is 0 Å². The van der Waals surface area contributed by atoms with E-state index >= 15 is 0 Å². The molecule has 0 saturated carbocycles. The van der Waals surface area contributed by atoms with E-state index in [1.54, 1.807) is 0 Å². The molecule has 2 aromatic heterocycles. The number of amides is 4. The van der Waals surface area contributed by atoms with Gasteiger partial charge in [0.05, 0.1) is 17.3 Å². The number of rotatable bonds is 6. The van der Waals surface area contributed by atoms with Gasteiger partial charge in [-0.1, -0.05) is 11.6 Å². The minimum atomic E-state index is -1.21. The van der Waals surface area contributed by atoms with Crippen molar-refractivity contribution in [3.8, 4) is 0 Å². The first-order valence-corrected chi connectivity index (χ1v) is 12.5. The van der Waals surface area contributed by atoms with Crippen molar-refractivity contribution in [2.24, 2.45) is 0 Å². The van der Waals surface area contributed by atoms with Crippen molar-refractivity contribution in [1.29, 1.82) is 0 Å². The zero-order valence-electron chi connectivity index (χ0n) is 19.4. The van der Waals surface area contributed by atoms with Gasteiger partial charge in [-0.15, -0.1) is 11.3 Å². The normalized spacial score (nSPS) is 18.3. The van der Waals surface area contributed by atoms with Crippen LogP contribution in [0, 0.1) is 0 Å². The van der Waals surface area contributed by atoms with E-state index in [1.807, 2.05) is 7.05 Å². The molecule has 2 aromatic rings. The highest BCUT2D eigenvalue weighted by atomic mass is 35.5. The molecule has 0 radical (unpaired) electrons. The molecule has 3 N–H and O–H groups in total. The molecule has 0 aliphatic carbocycles. The molecule has 2 atom stereocenters. The molecule has 2 aliphatic heterocycles. The van der Waals surface area contributed by atoms with Crippen LogP contribution in [0.15, 0.2) is 18.3 Å². The maximum absolute atomic E-state index is 13.7. The summed E-state index contributed by atoms with van der Waals surface area (Å²) >= 11 is 7.00. The topological polar surface area (TPSA) is 137 Å². The number of hydrogen-bond donors (Lipinski definition) is 3. The Morgan fingerprint density at radius 2 is 2.06 bits per heavy atom. The highest BCUT2D eigenvalue weighted by Gasteiger charge is 2.33. The van der Waals surface area contributed by atoms with Crippen LogP contribution in [-0.2, 0) is 27.3 Å². The largest absolute Gasteiger partial charge is 0.345 e. The summed E-state index contributed by atoms with van der Waals surface area (Å²) in [5, 5.41) is 7.84. The molecule has 0 aromatic carbocycles. The number of hydrogen-bond acceptors (Lipinski definition) is 8. The highest BCUT2D eigenvalue weighted by molar-refractivity contribution is 7.13. The molecule has 0 bridgehead atoms. The smallest absolute Gasteiger partial charge is 0.314 e. The van der Waals surface area contributed by atoms with Crippen LogP contribution in [0.1, 0.15) is 26.8 Å². The number of nitrogens with zero attached hydrogens (tertiary/aromatic N) is 4. The molecule has 0 spiro atoms. The predicted octanol–water partition coefficient (Wildman–Crippen LogP) is 0.603. The van der Waals surface area contributed by atoms with E-state index in [9.17, 15) is 23.6 Å². The quantitative estimate of drug-likeness (QED) is 0.459. The van der Waals surface area contributed by atoms with Crippen molar-refractivity contribution in [2.75, 3.05) is 38.5 Å². The first kappa shape index (κ1) is 25.9. The Kier molecular flexibility index (Phi) is 8.11. The number of carbonyl (C=O) groups is 4. The molecule has 4 heterocycles. The number of anilines is 1. The van der Waals surface area contributed by atoms with Crippen LogP contribution in [0.3, 0.4) is 0 Å². The molecule has 4 amide bonds. The summed E-state index contributed by atoms with van der Waals surface area (Å²) in [6, 6.07) is 1.71. The van der Waals surface area contributed by atoms with Gasteiger partial charge in [0, 0.05) is 43.7 Å². The Morgan fingerprint density at radius 3 is 2.75 bits per heavy atom. The average Bonchev–Trinajstić information content (AvgIpc) is 3.48. The van der Waals surface area contributed by atoms with Crippen molar-refractivity contribution < 1.29 is 23.6 Å². The fourth-order valence-electron chi connectivity index (χ4n) is 3.88. The molecule has 11 nitrogen and oxygen atoms in total. The van der Waals surface area contributed by atoms with Gasteiger partial charge in [0.25, 0.3) is 5.91 Å². The lowest BCUT2D eigenvalue weighted by Gasteiger charge is -2.24. The SMILES string of the molecule is CN1CCc2nc(C(=O)NC(CNC(=O)C(=O)Nc3ccc(Cl)cn3)C(=O)N3CC[C@@H](F)C3)sc2C1. The van der Waals surface area contributed by atoms with Crippen LogP contribution in [-0.4, -0.2) is 88.8 Å². The average molecular weight is 538 g/mol. The lowest BCUT2D eigenvalue weighted by atomic mass is 10.2. The van der Waals surface area contributed by atoms with Gasteiger partial charge in [-0.25, -0.2) is 14.4 Å². The third kappa shape index (κ3) is 6.33. The summed E-state index contributed by atoms with van der Waals surface area (Å²) in [4.78, 5) is 63.3. The number of nitrogens with one attached hydrogen (secondary N) is 3. The molecule has 14 heteroatoms. The Morgan fingerprint density at radius 1 is 1.25 bits per heavy atom. The summed E-state index contributed by atoms with van der Waals surface area (Å²) in [6.45, 7) is 1.24. The van der Waals surface area contributed by atoms with E-state index < -0.39 is 35.8 Å². The number of alkyl halides is 1. The van der Waals surface area contributed by atoms with Crippen LogP contribution in [0.4, 0.5) is 10.2 Å². The summed E-state index contributed by atoms with van der Waals surface area (Å²) in [6.07, 6.45) is 1.07. The standard InChI is InChI=1S/C22H25ClFN7O4S/c1-30-6-5-14-16(11-30)36-21(28-14)20(34)27-15(22(35)31-7-4-13(24)10-31)9-26-18(32)19(33)29-17-3-2-12(23)8-25-17/h2-3,8,13,15H,4-7,9-11H2,1H3,(H,26,32)(H,27,34)(H,25,29,33)/t13-,15?/m1/s1. The fourth-order valence-corrected chi connectivity index (χ4v) is 5.08. The maximum atomic E-state index is 13.7. The van der Waals surface area contributed by atoms with Crippen molar-refractivity contribution >= 4 is 52.4 Å². The molecule has 4 rings (SSSR count). The Bertz CT molecular complexity index is 1160. The van der Waals surface area contributed by atoms with Crippen molar-refractivity contribution in [2.45, 2.75) is 31.6 Å². The minimum Gasteiger partial charge on any atom is -0.345 e. The summed E-state index contributed by atoms with van der Waals surface area (Å²) in [5.74, 6) is -3.05. The zero-order chi connectivity index (χ0) is 25.8. The number of halogens is 2. The first-order chi connectivity index (χ1) is 17.2. The van der Waals surface area contributed by atoms with Gasteiger partial charge in [0.15, 0.2) is 5.01 Å². The van der Waals surface area contributed by atoms with E-state index in [0.717, 1.165) is 23.5 Å². The fraction of sp³-hybridized carbons (Fsp3) is 0.455. The van der Waals surface area contributed by atoms with Gasteiger partial charge in [-0.2, -0.15) is 0 Å². The van der Waals surface area contributed by atoms with E-state index in [0.29, 0.717) is 11.6 Å². The molecule has 1 fully saturated rings. The Hall–Kier alpha value is -3.16. The number of carbonyl (C=O) groups excluding carboxylic acids is 4. The van der Waals surface area contributed by atoms with Crippen LogP contribution < -0.4 is 16.0 Å². The number of likely N-dealkylation sites (tertiary alicyclic amines) is 1. The molecule has 36 heavy (non-hydrogen) atoms. The van der Waals surface area contributed by atoms with E-state index in [-0.39, 0.29) is 36.9 Å². The number of likely N-dealkylation sites (N-methyl/N-ethyl adjacent to an activating group) is 1. The number of aromatic nitrogens is 2. The van der Waals surface area contributed by atoms with E-state index in [2.05, 4.69) is 30.8 Å². The van der Waals surface area contributed by atoms with Crippen LogP contribution >= 0.6 is 22.9 Å². The number of pyridine rings is 1. The molecule has 1 saturated heterocycles. The molecule has 192 valence electrons. The number of thiazole rings is 1. The second kappa shape index (κ2) is 11.3. The van der Waals surface area contributed by atoms with Gasteiger partial charge in [-0.3, -0.25) is 19.2 Å². The van der Waals surface area contributed by atoms with Gasteiger partial charge in [0.1, 0.15) is 18.0 Å². The van der Waals surface area contributed by atoms with Gasteiger partial charge >= 0.3 is 11.8 Å². The van der Waals surface area contributed by atoms with Crippen molar-refractivity contribution in [1.82, 2.24) is 30.4 Å². The van der Waals surface area contributed by atoms with Crippen LogP contribution in [0.5, 0.6) is 0 Å². The van der Waals surface area contributed by atoms with Gasteiger partial charge in [0.2, 0.25) is 5.91 Å². The molecular formula is C22H25ClFN7O4S. The van der Waals surface area contributed by atoms with Crippen LogP contribution in [0.25, 0.3) is 0 Å². The Labute approximate surface area is 215 Å². The molecular weight excluding hydrogens is 513 g/mol. The number of fused-ring (bicyclic) bond motifs is 1. The lowest BCUT2D eigenvalue weighted by molar-refractivity contribution is -0.137. The second-order valence-electron chi connectivity index (χ2n) is 8.60. The first-order valence-electron chi connectivity index (χ1n) is 11.3. The molecule has 1 unspecified atom stereocenters. The van der Waals surface area contributed by atoms with Crippen LogP contribution in [0.2, 0.25) is 5.02 Å². The van der Waals surface area contributed by atoms with E-state index in [4.69, 9.17) is 11.6 Å². The monoisotopic (exact) mass is 537 g/mol. The summed E-state index contributed by atoms with van der Waals surface area (Å²) < 4.78 is 13.7. The van der Waals surface area contributed by atoms with E-state index in [1.165, 1.54) is 34.6 Å². The lowest BCUT2D eigenvalue weighted by Crippen LogP contribution is -2.54. The van der Waals surface area contributed by atoms with Gasteiger partial charge < -0.3 is 25.8 Å². The Balaban J connectivity index is 1.41. The highest BCUT2D eigenvalue weighted by Crippen LogP contribution is 2.24. The summed E-state index contributed by atoms with van der Waals surface area (Å²) in [5.41, 5.74) is 0.853. The summed E-state index contributed by atoms with van der Waals surface area (Å²) in [7, 11) is 1.98. The molecule has 2 aliphatic rings. The third-order valence-electron chi connectivity index (χ3n) is 5.80. The second-order valence-corrected chi connectivity index (χ2v) is 10.1. The third-order valence-corrected chi connectivity index (χ3v) is 7.11. The predicted molar refractivity (Wildman–Crippen MR) is 130 cm³/mol. The van der Waals surface area contributed by atoms with Crippen molar-refractivity contribution in [3.05, 3.63) is 38.9 Å². The minimum absolute atomic E-state index is 0.0975. The maximum Gasteiger partial charge on any atom is 0.314 e. The zero-order valence-corrected chi connectivity index (χ0v) is 21.0. The van der Waals surface area contributed by atoms with Gasteiger partial charge in [-0.05, 0) is 25.6 Å².